The molecule has 0 bridgehead atoms. The second kappa shape index (κ2) is 5.91. The molecule has 13 heavy (non-hydrogen) atoms. The third-order valence-electron chi connectivity index (χ3n) is 1.41. The molecule has 0 amide bonds. The van der Waals surface area contributed by atoms with Gasteiger partial charge in [0.15, 0.2) is 5.78 Å². The molecule has 0 fully saturated rings. The van der Waals surface area contributed by atoms with Crippen molar-refractivity contribution in [3.05, 3.63) is 35.9 Å². The summed E-state index contributed by atoms with van der Waals surface area (Å²) in [5, 5.41) is 8.32. The summed E-state index contributed by atoms with van der Waals surface area (Å²) in [4.78, 5) is 21.2. The van der Waals surface area contributed by atoms with E-state index in [9.17, 15) is 9.59 Å². The molecule has 0 saturated heterocycles. The largest absolute Gasteiger partial charge is 1.00 e. The van der Waals surface area contributed by atoms with Gasteiger partial charge in [0, 0.05) is 5.56 Å². The molecule has 1 rings (SSSR count). The predicted molar refractivity (Wildman–Crippen MR) is 44.1 cm³/mol. The number of carbonyl (C=O) groups excluding carboxylic acids is 1. The van der Waals surface area contributed by atoms with Gasteiger partial charge in [-0.2, -0.15) is 0 Å². The van der Waals surface area contributed by atoms with E-state index in [1.165, 1.54) is 0 Å². The van der Waals surface area contributed by atoms with Crippen LogP contribution < -0.4 is 29.6 Å². The van der Waals surface area contributed by atoms with Crippen LogP contribution >= 0.6 is 0 Å². The molecule has 0 spiro atoms. The van der Waals surface area contributed by atoms with Gasteiger partial charge in [0.2, 0.25) is 0 Å². The monoisotopic (exact) mass is 188 g/mol. The van der Waals surface area contributed by atoms with Crippen molar-refractivity contribution in [2.45, 2.75) is 6.42 Å². The van der Waals surface area contributed by atoms with Crippen LogP contribution in [0.1, 0.15) is 18.2 Å². The van der Waals surface area contributed by atoms with Gasteiger partial charge in [-0.15, -0.1) is 0 Å². The van der Waals surface area contributed by atoms with Crippen molar-refractivity contribution in [1.82, 2.24) is 0 Å². The van der Waals surface area contributed by atoms with Gasteiger partial charge in [0.05, 0.1) is 0 Å². The molecular weight excluding hydrogens is 179 g/mol. The van der Waals surface area contributed by atoms with Crippen LogP contribution in [0.25, 0.3) is 0 Å². The zero-order chi connectivity index (χ0) is 8.97. The van der Waals surface area contributed by atoms with Crippen LogP contribution in [0.15, 0.2) is 30.3 Å². The van der Waals surface area contributed by atoms with Crippen LogP contribution in [0, 0.1) is 0 Å². The Morgan fingerprint density at radius 1 is 1.23 bits per heavy atom. The third-order valence-corrected chi connectivity index (χ3v) is 1.41. The van der Waals surface area contributed by atoms with E-state index in [1.54, 1.807) is 30.3 Å². The van der Waals surface area contributed by atoms with E-state index in [0.717, 1.165) is 0 Å². The van der Waals surface area contributed by atoms with Crippen molar-refractivity contribution in [3.8, 4) is 0 Å². The fourth-order valence-electron chi connectivity index (χ4n) is 0.863. The third kappa shape index (κ3) is 4.22. The van der Waals surface area contributed by atoms with Crippen molar-refractivity contribution in [1.29, 1.82) is 0 Å². The summed E-state index contributed by atoms with van der Waals surface area (Å²) in [6.07, 6.45) is -0.440. The quantitative estimate of drug-likeness (QED) is 0.355. The first kappa shape index (κ1) is 12.4. The van der Waals surface area contributed by atoms with E-state index in [1.807, 2.05) is 0 Å². The minimum absolute atomic E-state index is 0. The van der Waals surface area contributed by atoms with E-state index in [-0.39, 0.29) is 36.8 Å². The van der Waals surface area contributed by atoms with Gasteiger partial charge in [0.1, 0.15) is 6.42 Å². The van der Waals surface area contributed by atoms with Crippen LogP contribution in [-0.2, 0) is 4.79 Å². The average molecular weight is 188 g/mol. The summed E-state index contributed by atoms with van der Waals surface area (Å²) >= 11 is 0. The molecule has 1 N–H and O–H groups in total. The minimum Gasteiger partial charge on any atom is -1.00 e. The molecule has 0 saturated carbocycles. The molecule has 0 aliphatic rings. The number of aliphatic carboxylic acids is 1. The van der Waals surface area contributed by atoms with Gasteiger partial charge in [-0.1, -0.05) is 30.3 Å². The van der Waals surface area contributed by atoms with Crippen molar-refractivity contribution in [2.24, 2.45) is 0 Å². The van der Waals surface area contributed by atoms with E-state index in [4.69, 9.17) is 5.11 Å². The molecule has 0 atom stereocenters. The Morgan fingerprint density at radius 3 is 2.23 bits per heavy atom. The topological polar surface area (TPSA) is 54.4 Å². The fraction of sp³-hybridized carbons (Fsp3) is 0.111. The molecule has 4 heteroatoms. The average Bonchev–Trinajstić information content (AvgIpc) is 2.05. The first-order valence-corrected chi connectivity index (χ1v) is 3.50. The summed E-state index contributed by atoms with van der Waals surface area (Å²) in [6, 6.07) is 8.39. The summed E-state index contributed by atoms with van der Waals surface area (Å²) in [6.45, 7) is 0. The molecule has 0 radical (unpaired) electrons. The number of carboxylic acid groups (broad SMARTS) is 1. The maximum Gasteiger partial charge on any atom is 1.00 e. The van der Waals surface area contributed by atoms with Gasteiger partial charge >= 0.3 is 35.5 Å². The number of carbonyl (C=O) groups is 2. The predicted octanol–water partition coefficient (Wildman–Crippen LogP) is -1.54. The number of hydrogen-bond acceptors (Lipinski definition) is 2. The smallest absolute Gasteiger partial charge is 1.00 e. The van der Waals surface area contributed by atoms with Crippen molar-refractivity contribution < 1.29 is 45.7 Å². The Morgan fingerprint density at radius 2 is 1.77 bits per heavy atom. The molecule has 0 heterocycles. The zero-order valence-corrected chi connectivity index (χ0v) is 9.36. The van der Waals surface area contributed by atoms with E-state index in [0.29, 0.717) is 5.56 Å². The van der Waals surface area contributed by atoms with Gasteiger partial charge in [-0.25, -0.2) is 0 Å². The number of Topliss-reactive ketones (excluding diaryl/α,β-unsaturated/α-hetero) is 1. The first-order chi connectivity index (χ1) is 5.70. The van der Waals surface area contributed by atoms with Crippen LogP contribution in [0.4, 0.5) is 0 Å². The number of carboxylic acids is 1. The Hall–Kier alpha value is -0.640. The Bertz CT molecular complexity index is 300. The number of rotatable bonds is 3. The molecule has 3 nitrogen and oxygen atoms in total. The van der Waals surface area contributed by atoms with E-state index < -0.39 is 12.4 Å². The molecule has 0 aliphatic carbocycles. The Kier molecular flexibility index (Phi) is 5.62. The fourth-order valence-corrected chi connectivity index (χ4v) is 0.863. The second-order valence-corrected chi connectivity index (χ2v) is 2.36. The van der Waals surface area contributed by atoms with Crippen LogP contribution in [0.2, 0.25) is 0 Å². The molecule has 1 aromatic rings. The van der Waals surface area contributed by atoms with Crippen molar-refractivity contribution in [3.63, 3.8) is 0 Å². The molecule has 64 valence electrons. The van der Waals surface area contributed by atoms with Crippen LogP contribution in [0.5, 0.6) is 0 Å². The van der Waals surface area contributed by atoms with Gasteiger partial charge in [-0.3, -0.25) is 9.59 Å². The molecule has 0 aliphatic heterocycles. The normalized spacial score (nSPS) is 8.62. The zero-order valence-electron chi connectivity index (χ0n) is 8.36. The summed E-state index contributed by atoms with van der Waals surface area (Å²) < 4.78 is 0. The van der Waals surface area contributed by atoms with Gasteiger partial charge < -0.3 is 6.53 Å². The molecule has 0 aromatic heterocycles. The van der Waals surface area contributed by atoms with E-state index >= 15 is 0 Å². The maximum absolute atomic E-state index is 11.1. The van der Waals surface area contributed by atoms with Gasteiger partial charge in [0.25, 0.3) is 0 Å². The van der Waals surface area contributed by atoms with Gasteiger partial charge in [-0.05, 0) is 0 Å². The number of ketones is 1. The molecule has 0 unspecified atom stereocenters. The summed E-state index contributed by atoms with van der Waals surface area (Å²) in [5.74, 6) is -1.45. The van der Waals surface area contributed by atoms with Crippen molar-refractivity contribution >= 4 is 11.8 Å². The maximum atomic E-state index is 11.1. The Labute approximate surface area is 99.5 Å². The summed E-state index contributed by atoms with van der Waals surface area (Å²) in [5.41, 5.74) is 0.444. The SMILES string of the molecule is O=C(O)CC(=O)c1ccccc1.[H-].[Na+]. The van der Waals surface area contributed by atoms with Crippen molar-refractivity contribution in [2.75, 3.05) is 0 Å². The standard InChI is InChI=1S/C9H8O3.Na.H/c10-8(6-9(11)12)7-4-2-1-3-5-7;;/h1-5H,6H2,(H,11,12);;/q;+1;-1. The first-order valence-electron chi connectivity index (χ1n) is 3.50. The second-order valence-electron chi connectivity index (χ2n) is 2.36. The van der Waals surface area contributed by atoms with E-state index in [2.05, 4.69) is 0 Å². The summed E-state index contributed by atoms with van der Waals surface area (Å²) in [7, 11) is 0. The number of hydrogen-bond donors (Lipinski definition) is 1. The number of benzene rings is 1. The van der Waals surface area contributed by atoms with Crippen LogP contribution in [0.3, 0.4) is 0 Å². The minimum atomic E-state index is -1.09. The molecule has 1 aromatic carbocycles. The van der Waals surface area contributed by atoms with Crippen LogP contribution in [-0.4, -0.2) is 16.9 Å². The Balaban J connectivity index is 0. The molecular formula is C9H9NaO3.